The highest BCUT2D eigenvalue weighted by molar-refractivity contribution is 5.38. The van der Waals surface area contributed by atoms with Crippen molar-refractivity contribution in [2.75, 3.05) is 6.61 Å². The maximum absolute atomic E-state index is 10.0. The molecule has 0 amide bonds. The topological polar surface area (TPSA) is 42.4 Å². The molecule has 0 saturated carbocycles. The molecule has 3 nitrogen and oxygen atoms in total. The number of hydrogen-bond donors (Lipinski definition) is 1. The number of aryl methyl sites for hydroxylation is 1. The molecule has 0 bridgehead atoms. The Balaban J connectivity index is 1.62. The molecule has 1 aromatic carbocycles. The van der Waals surface area contributed by atoms with Crippen LogP contribution in [0.15, 0.2) is 42.6 Å². The van der Waals surface area contributed by atoms with E-state index in [0.717, 1.165) is 42.7 Å². The van der Waals surface area contributed by atoms with Crippen LogP contribution in [-0.2, 0) is 12.8 Å². The lowest BCUT2D eigenvalue weighted by Gasteiger charge is -2.22. The van der Waals surface area contributed by atoms with Gasteiger partial charge in [-0.2, -0.15) is 0 Å². The van der Waals surface area contributed by atoms with E-state index in [9.17, 15) is 5.11 Å². The summed E-state index contributed by atoms with van der Waals surface area (Å²) in [5.74, 6) is 0.834. The summed E-state index contributed by atoms with van der Waals surface area (Å²) < 4.78 is 5.77. The molecular weight excluding hydrogens is 250 g/mol. The minimum atomic E-state index is -0.335. The Morgan fingerprint density at radius 1 is 1.25 bits per heavy atom. The molecule has 2 aromatic rings. The van der Waals surface area contributed by atoms with E-state index in [0.29, 0.717) is 6.61 Å². The fraction of sp³-hybridized carbons (Fsp3) is 0.353. The first-order valence-electron chi connectivity index (χ1n) is 7.16. The first-order chi connectivity index (χ1) is 9.83. The Bertz CT molecular complexity index is 568. The van der Waals surface area contributed by atoms with Crippen LogP contribution in [0.25, 0.3) is 0 Å². The van der Waals surface area contributed by atoms with Crippen LogP contribution in [0.3, 0.4) is 0 Å². The summed E-state index contributed by atoms with van der Waals surface area (Å²) in [5, 5.41) is 10.0. The van der Waals surface area contributed by atoms with Gasteiger partial charge in [-0.05, 0) is 54.7 Å². The van der Waals surface area contributed by atoms with Crippen LogP contribution in [0.2, 0.25) is 0 Å². The summed E-state index contributed by atoms with van der Waals surface area (Å²) in [6.45, 7) is 0.603. The lowest BCUT2D eigenvalue weighted by Crippen LogP contribution is -2.10. The predicted molar refractivity (Wildman–Crippen MR) is 77.8 cm³/mol. The zero-order chi connectivity index (χ0) is 13.8. The monoisotopic (exact) mass is 269 g/mol. The second-order valence-electron chi connectivity index (χ2n) is 5.19. The molecule has 1 N–H and O–H groups in total. The summed E-state index contributed by atoms with van der Waals surface area (Å²) in [4.78, 5) is 4.27. The highest BCUT2D eigenvalue weighted by atomic mass is 16.5. The van der Waals surface area contributed by atoms with Crippen molar-refractivity contribution >= 4 is 0 Å². The van der Waals surface area contributed by atoms with Gasteiger partial charge in [0.2, 0.25) is 0 Å². The van der Waals surface area contributed by atoms with Crippen LogP contribution in [0.5, 0.6) is 5.75 Å². The second-order valence-corrected chi connectivity index (χ2v) is 5.19. The second kappa shape index (κ2) is 6.06. The number of fused-ring (bicyclic) bond motifs is 1. The van der Waals surface area contributed by atoms with Crippen molar-refractivity contribution in [1.29, 1.82) is 0 Å². The predicted octanol–water partition coefficient (Wildman–Crippen LogP) is 3.07. The van der Waals surface area contributed by atoms with Gasteiger partial charge < -0.3 is 9.84 Å². The van der Waals surface area contributed by atoms with Crippen molar-refractivity contribution in [2.24, 2.45) is 0 Å². The van der Waals surface area contributed by atoms with E-state index in [-0.39, 0.29) is 6.10 Å². The first kappa shape index (κ1) is 13.1. The maximum atomic E-state index is 10.0. The highest BCUT2D eigenvalue weighted by Gasteiger charge is 2.18. The van der Waals surface area contributed by atoms with E-state index in [1.807, 2.05) is 30.3 Å². The fourth-order valence-electron chi connectivity index (χ4n) is 2.66. The summed E-state index contributed by atoms with van der Waals surface area (Å²) in [7, 11) is 0. The third-order valence-corrected chi connectivity index (χ3v) is 3.75. The van der Waals surface area contributed by atoms with E-state index < -0.39 is 0 Å². The van der Waals surface area contributed by atoms with Gasteiger partial charge >= 0.3 is 0 Å². The third kappa shape index (κ3) is 2.99. The van der Waals surface area contributed by atoms with Crippen molar-refractivity contribution in [3.8, 4) is 5.75 Å². The highest BCUT2D eigenvalue weighted by Crippen LogP contribution is 2.32. The maximum Gasteiger partial charge on any atom is 0.119 e. The van der Waals surface area contributed by atoms with Gasteiger partial charge in [-0.3, -0.25) is 4.98 Å². The van der Waals surface area contributed by atoms with Gasteiger partial charge in [-0.1, -0.05) is 12.1 Å². The SMILES string of the molecule is O[C@@H]1CCCc2ccc(OCCc3ccccn3)cc21. The Labute approximate surface area is 119 Å². The van der Waals surface area contributed by atoms with E-state index in [1.54, 1.807) is 6.20 Å². The number of aliphatic hydroxyl groups excluding tert-OH is 1. The molecule has 20 heavy (non-hydrogen) atoms. The number of rotatable bonds is 4. The molecule has 3 heteroatoms. The summed E-state index contributed by atoms with van der Waals surface area (Å²) >= 11 is 0. The average molecular weight is 269 g/mol. The lowest BCUT2D eigenvalue weighted by molar-refractivity contribution is 0.156. The van der Waals surface area contributed by atoms with E-state index in [1.165, 1.54) is 5.56 Å². The zero-order valence-electron chi connectivity index (χ0n) is 11.5. The van der Waals surface area contributed by atoms with Gasteiger partial charge in [0, 0.05) is 18.3 Å². The molecule has 0 unspecified atom stereocenters. The first-order valence-corrected chi connectivity index (χ1v) is 7.16. The summed E-state index contributed by atoms with van der Waals surface area (Å²) in [5.41, 5.74) is 3.32. The van der Waals surface area contributed by atoms with Gasteiger partial charge in [-0.15, -0.1) is 0 Å². The van der Waals surface area contributed by atoms with Crippen LogP contribution in [0, 0.1) is 0 Å². The molecule has 1 aliphatic carbocycles. The molecule has 0 fully saturated rings. The number of aromatic nitrogens is 1. The van der Waals surface area contributed by atoms with Crippen molar-refractivity contribution in [1.82, 2.24) is 4.98 Å². The van der Waals surface area contributed by atoms with Crippen LogP contribution < -0.4 is 4.74 Å². The molecule has 0 aliphatic heterocycles. The quantitative estimate of drug-likeness (QED) is 0.927. The minimum Gasteiger partial charge on any atom is -0.493 e. The molecular formula is C17H19NO2. The van der Waals surface area contributed by atoms with Gasteiger partial charge in [0.05, 0.1) is 12.7 Å². The van der Waals surface area contributed by atoms with Crippen LogP contribution in [0.1, 0.15) is 35.8 Å². The standard InChI is InChI=1S/C17H19NO2/c19-17-6-3-4-13-7-8-15(12-16(13)17)20-11-9-14-5-1-2-10-18-14/h1-2,5,7-8,10,12,17,19H,3-4,6,9,11H2/t17-/m1/s1. The lowest BCUT2D eigenvalue weighted by atomic mass is 9.89. The van der Waals surface area contributed by atoms with Crippen molar-refractivity contribution in [2.45, 2.75) is 31.8 Å². The fourth-order valence-corrected chi connectivity index (χ4v) is 2.66. The normalized spacial score (nSPS) is 17.6. The number of benzene rings is 1. The smallest absolute Gasteiger partial charge is 0.119 e. The van der Waals surface area contributed by atoms with E-state index in [4.69, 9.17) is 4.74 Å². The largest absolute Gasteiger partial charge is 0.493 e. The Morgan fingerprint density at radius 2 is 2.20 bits per heavy atom. The number of nitrogens with zero attached hydrogens (tertiary/aromatic N) is 1. The van der Waals surface area contributed by atoms with E-state index >= 15 is 0 Å². The van der Waals surface area contributed by atoms with Crippen LogP contribution >= 0.6 is 0 Å². The number of pyridine rings is 1. The molecule has 0 saturated heterocycles. The zero-order valence-corrected chi connectivity index (χ0v) is 11.5. The average Bonchev–Trinajstić information content (AvgIpc) is 2.49. The van der Waals surface area contributed by atoms with Crippen LogP contribution in [-0.4, -0.2) is 16.7 Å². The molecule has 0 radical (unpaired) electrons. The number of aliphatic hydroxyl groups is 1. The van der Waals surface area contributed by atoms with Gasteiger partial charge in [0.15, 0.2) is 0 Å². The molecule has 3 rings (SSSR count). The number of ether oxygens (including phenoxy) is 1. The molecule has 104 valence electrons. The van der Waals surface area contributed by atoms with Gasteiger partial charge in [0.25, 0.3) is 0 Å². The third-order valence-electron chi connectivity index (χ3n) is 3.75. The Morgan fingerprint density at radius 3 is 3.05 bits per heavy atom. The molecule has 1 heterocycles. The molecule has 1 aromatic heterocycles. The van der Waals surface area contributed by atoms with Crippen molar-refractivity contribution in [3.63, 3.8) is 0 Å². The van der Waals surface area contributed by atoms with Crippen molar-refractivity contribution < 1.29 is 9.84 Å². The summed E-state index contributed by atoms with van der Waals surface area (Å²) in [6, 6.07) is 12.0. The Kier molecular flexibility index (Phi) is 3.97. The van der Waals surface area contributed by atoms with Crippen molar-refractivity contribution in [3.05, 3.63) is 59.4 Å². The Hall–Kier alpha value is -1.87. The molecule has 1 atom stereocenters. The minimum absolute atomic E-state index is 0.335. The molecule has 1 aliphatic rings. The van der Waals surface area contributed by atoms with Crippen LogP contribution in [0.4, 0.5) is 0 Å². The summed E-state index contributed by atoms with van der Waals surface area (Å²) in [6.07, 6.45) is 5.22. The molecule has 0 spiro atoms. The number of hydrogen-bond acceptors (Lipinski definition) is 3. The van der Waals surface area contributed by atoms with E-state index in [2.05, 4.69) is 11.1 Å². The van der Waals surface area contributed by atoms with Gasteiger partial charge in [0.1, 0.15) is 5.75 Å². The van der Waals surface area contributed by atoms with Gasteiger partial charge in [-0.25, -0.2) is 0 Å².